The van der Waals surface area contributed by atoms with E-state index in [0.29, 0.717) is 12.4 Å². The van der Waals surface area contributed by atoms with E-state index in [4.69, 9.17) is 0 Å². The van der Waals surface area contributed by atoms with Crippen molar-refractivity contribution in [1.82, 2.24) is 19.5 Å². The average molecular weight is 190 g/mol. The van der Waals surface area contributed by atoms with Crippen molar-refractivity contribution in [2.45, 2.75) is 13.5 Å². The summed E-state index contributed by atoms with van der Waals surface area (Å²) in [7, 11) is 0. The molecule has 5 nitrogen and oxygen atoms in total. The van der Waals surface area contributed by atoms with Crippen molar-refractivity contribution in [2.24, 2.45) is 0 Å². The van der Waals surface area contributed by atoms with Crippen LogP contribution in [0.5, 0.6) is 0 Å². The summed E-state index contributed by atoms with van der Waals surface area (Å²) in [6.45, 7) is 2.34. The first-order chi connectivity index (χ1) is 6.74. The summed E-state index contributed by atoms with van der Waals surface area (Å²) >= 11 is 0. The first kappa shape index (κ1) is 8.68. The second-order valence-electron chi connectivity index (χ2n) is 3.07. The van der Waals surface area contributed by atoms with Crippen LogP contribution in [0.25, 0.3) is 0 Å². The van der Waals surface area contributed by atoms with Crippen LogP contribution in [0.3, 0.4) is 0 Å². The molecule has 0 spiro atoms. The van der Waals surface area contributed by atoms with E-state index in [1.807, 2.05) is 10.8 Å². The number of H-pyrrole nitrogens is 1. The molecule has 0 unspecified atom stereocenters. The molecule has 0 saturated heterocycles. The van der Waals surface area contributed by atoms with Crippen molar-refractivity contribution in [1.29, 1.82) is 0 Å². The number of rotatable bonds is 2. The van der Waals surface area contributed by atoms with E-state index in [-0.39, 0.29) is 5.56 Å². The van der Waals surface area contributed by atoms with Crippen molar-refractivity contribution in [2.75, 3.05) is 0 Å². The number of aryl methyl sites for hydroxylation is 1. The molecule has 2 rings (SSSR count). The first-order valence-electron chi connectivity index (χ1n) is 4.26. The zero-order chi connectivity index (χ0) is 9.97. The molecule has 72 valence electrons. The molecule has 0 amide bonds. The molecule has 0 aliphatic carbocycles. The highest BCUT2D eigenvalue weighted by Crippen LogP contribution is 1.94. The molecule has 1 N–H and O–H groups in total. The van der Waals surface area contributed by atoms with Gasteiger partial charge in [-0.2, -0.15) is 0 Å². The number of nitrogens with one attached hydrogen (secondary N) is 1. The zero-order valence-corrected chi connectivity index (χ0v) is 7.77. The van der Waals surface area contributed by atoms with E-state index in [2.05, 4.69) is 15.0 Å². The summed E-state index contributed by atoms with van der Waals surface area (Å²) in [5.74, 6) is 0.646. The maximum Gasteiger partial charge on any atom is 0.251 e. The van der Waals surface area contributed by atoms with Gasteiger partial charge >= 0.3 is 0 Å². The lowest BCUT2D eigenvalue weighted by atomic mass is 10.4. The van der Waals surface area contributed by atoms with Gasteiger partial charge in [-0.1, -0.05) is 0 Å². The first-order valence-corrected chi connectivity index (χ1v) is 4.26. The summed E-state index contributed by atoms with van der Waals surface area (Å²) in [5.41, 5.74) is 0.608. The third-order valence-corrected chi connectivity index (χ3v) is 1.81. The van der Waals surface area contributed by atoms with Crippen LogP contribution in [0.1, 0.15) is 11.5 Å². The molecule has 0 fully saturated rings. The zero-order valence-electron chi connectivity index (χ0n) is 7.77. The number of aromatic amines is 1. The number of imidazole rings is 1. The minimum Gasteiger partial charge on any atom is -0.330 e. The van der Waals surface area contributed by atoms with Gasteiger partial charge < -0.3 is 9.55 Å². The normalized spacial score (nSPS) is 10.4. The minimum absolute atomic E-state index is 0.118. The number of hydrogen-bond acceptors (Lipinski definition) is 3. The Morgan fingerprint density at radius 2 is 2.43 bits per heavy atom. The predicted molar refractivity (Wildman–Crippen MR) is 50.9 cm³/mol. The molecule has 2 aromatic heterocycles. The lowest BCUT2D eigenvalue weighted by Crippen LogP contribution is -2.13. The van der Waals surface area contributed by atoms with Crippen LogP contribution < -0.4 is 5.56 Å². The minimum atomic E-state index is -0.118. The van der Waals surface area contributed by atoms with Gasteiger partial charge in [-0.3, -0.25) is 4.79 Å². The second kappa shape index (κ2) is 3.45. The van der Waals surface area contributed by atoms with Crippen LogP contribution in [-0.4, -0.2) is 19.5 Å². The Kier molecular flexibility index (Phi) is 2.14. The molecule has 0 aliphatic rings. The molecule has 0 aromatic carbocycles. The van der Waals surface area contributed by atoms with Gasteiger partial charge in [-0.25, -0.2) is 9.97 Å². The number of aromatic nitrogens is 4. The second-order valence-corrected chi connectivity index (χ2v) is 3.07. The maximum absolute atomic E-state index is 11.1. The highest BCUT2D eigenvalue weighted by Gasteiger charge is 1.98. The molecule has 0 saturated carbocycles. The van der Waals surface area contributed by atoms with E-state index in [1.54, 1.807) is 19.4 Å². The number of hydrogen-bond donors (Lipinski definition) is 1. The van der Waals surface area contributed by atoms with Gasteiger partial charge in [0.2, 0.25) is 0 Å². The fraction of sp³-hybridized carbons (Fsp3) is 0.222. The molecule has 0 aliphatic heterocycles. The molecule has 0 atom stereocenters. The van der Waals surface area contributed by atoms with Crippen LogP contribution in [0, 0.1) is 6.92 Å². The Balaban J connectivity index is 2.29. The van der Waals surface area contributed by atoms with Gasteiger partial charge in [0.25, 0.3) is 5.56 Å². The van der Waals surface area contributed by atoms with Crippen molar-refractivity contribution < 1.29 is 0 Å². The summed E-state index contributed by atoms with van der Waals surface area (Å²) in [5, 5.41) is 0. The molecule has 5 heteroatoms. The highest BCUT2D eigenvalue weighted by molar-refractivity contribution is 5.00. The van der Waals surface area contributed by atoms with Gasteiger partial charge in [0, 0.05) is 24.2 Å². The van der Waals surface area contributed by atoms with Gasteiger partial charge in [-0.15, -0.1) is 0 Å². The van der Waals surface area contributed by atoms with Gasteiger partial charge in [0.1, 0.15) is 5.82 Å². The van der Waals surface area contributed by atoms with E-state index in [9.17, 15) is 4.79 Å². The topological polar surface area (TPSA) is 63.6 Å². The fourth-order valence-electron chi connectivity index (χ4n) is 1.27. The third-order valence-electron chi connectivity index (χ3n) is 1.81. The fourth-order valence-corrected chi connectivity index (χ4v) is 1.27. The van der Waals surface area contributed by atoms with Crippen LogP contribution in [0.2, 0.25) is 0 Å². The van der Waals surface area contributed by atoms with Crippen molar-refractivity contribution in [3.05, 3.63) is 46.7 Å². The smallest absolute Gasteiger partial charge is 0.251 e. The summed E-state index contributed by atoms with van der Waals surface area (Å²) < 4.78 is 1.84. The van der Waals surface area contributed by atoms with E-state index in [1.165, 1.54) is 6.07 Å². The Bertz CT molecular complexity index is 472. The van der Waals surface area contributed by atoms with Crippen molar-refractivity contribution in [3.63, 3.8) is 0 Å². The monoisotopic (exact) mass is 190 g/mol. The Morgan fingerprint density at radius 1 is 1.57 bits per heavy atom. The lowest BCUT2D eigenvalue weighted by Gasteiger charge is -2.01. The largest absolute Gasteiger partial charge is 0.330 e. The van der Waals surface area contributed by atoms with E-state index < -0.39 is 0 Å². The number of nitrogens with zero attached hydrogens (tertiary/aromatic N) is 3. The van der Waals surface area contributed by atoms with Crippen molar-refractivity contribution >= 4 is 0 Å². The predicted octanol–water partition coefficient (Wildman–Crippen LogP) is 0.323. The maximum atomic E-state index is 11.1. The summed E-state index contributed by atoms with van der Waals surface area (Å²) in [6.07, 6.45) is 5.19. The SMILES string of the molecule is Cc1cc(=O)[nH]c(Cn2ccnc2)n1. The van der Waals surface area contributed by atoms with Crippen molar-refractivity contribution in [3.8, 4) is 0 Å². The standard InChI is InChI=1S/C9H10N4O/c1-7-4-9(14)12-8(11-7)5-13-3-2-10-6-13/h2-4,6H,5H2,1H3,(H,11,12,14). The molecule has 2 heterocycles. The molecular weight excluding hydrogens is 180 g/mol. The molecular formula is C9H10N4O. The van der Waals surface area contributed by atoms with Gasteiger partial charge in [0.15, 0.2) is 0 Å². The van der Waals surface area contributed by atoms with Crippen LogP contribution in [-0.2, 0) is 6.54 Å². The third kappa shape index (κ3) is 1.87. The van der Waals surface area contributed by atoms with Gasteiger partial charge in [0.05, 0.1) is 12.9 Å². The van der Waals surface area contributed by atoms with E-state index in [0.717, 1.165) is 5.69 Å². The molecule has 14 heavy (non-hydrogen) atoms. The molecule has 0 bridgehead atoms. The Hall–Kier alpha value is -1.91. The van der Waals surface area contributed by atoms with Crippen LogP contribution >= 0.6 is 0 Å². The highest BCUT2D eigenvalue weighted by atomic mass is 16.1. The molecule has 0 radical (unpaired) electrons. The van der Waals surface area contributed by atoms with Crippen LogP contribution in [0.15, 0.2) is 29.6 Å². The Morgan fingerprint density at radius 3 is 3.07 bits per heavy atom. The van der Waals surface area contributed by atoms with Crippen LogP contribution in [0.4, 0.5) is 0 Å². The lowest BCUT2D eigenvalue weighted by molar-refractivity contribution is 0.733. The average Bonchev–Trinajstić information content (AvgIpc) is 2.54. The summed E-state index contributed by atoms with van der Waals surface area (Å²) in [6, 6.07) is 1.47. The van der Waals surface area contributed by atoms with E-state index >= 15 is 0 Å². The van der Waals surface area contributed by atoms with Gasteiger partial charge in [-0.05, 0) is 6.92 Å². The quantitative estimate of drug-likeness (QED) is 0.741. The molecule has 2 aromatic rings. The Labute approximate surface area is 80.5 Å². The summed E-state index contributed by atoms with van der Waals surface area (Å²) in [4.78, 5) is 21.9.